The number of hydrogen-bond donors (Lipinski definition) is 0. The zero-order valence-electron chi connectivity index (χ0n) is 10.1. The lowest BCUT2D eigenvalue weighted by atomic mass is 10.0. The van der Waals surface area contributed by atoms with Gasteiger partial charge in [-0.05, 0) is 6.92 Å². The number of pyridine rings is 1. The standard InChI is InChI=1S/C11H9F6NO2/c1-2-20-8(19)4-6-9(11(15,16)17)5(10(13)14)3-7(12)18-6/h3,10H,2,4H2,1H3. The Kier molecular flexibility index (Phi) is 4.96. The maximum atomic E-state index is 13.0. The zero-order chi connectivity index (χ0) is 15.5. The number of esters is 1. The summed E-state index contributed by atoms with van der Waals surface area (Å²) in [7, 11) is 0. The van der Waals surface area contributed by atoms with Crippen LogP contribution in [0.1, 0.15) is 30.2 Å². The number of aromatic nitrogens is 1. The van der Waals surface area contributed by atoms with Crippen molar-refractivity contribution in [1.29, 1.82) is 0 Å². The van der Waals surface area contributed by atoms with E-state index in [0.717, 1.165) is 0 Å². The van der Waals surface area contributed by atoms with E-state index >= 15 is 0 Å². The van der Waals surface area contributed by atoms with Gasteiger partial charge in [0.25, 0.3) is 6.43 Å². The average Bonchev–Trinajstić information content (AvgIpc) is 2.26. The van der Waals surface area contributed by atoms with E-state index in [-0.39, 0.29) is 12.7 Å². The van der Waals surface area contributed by atoms with Gasteiger partial charge in [-0.1, -0.05) is 0 Å². The minimum atomic E-state index is -5.19. The zero-order valence-corrected chi connectivity index (χ0v) is 10.1. The number of rotatable bonds is 4. The van der Waals surface area contributed by atoms with Gasteiger partial charge in [-0.3, -0.25) is 4.79 Å². The van der Waals surface area contributed by atoms with Crippen molar-refractivity contribution in [3.8, 4) is 0 Å². The fourth-order valence-electron chi connectivity index (χ4n) is 1.56. The van der Waals surface area contributed by atoms with E-state index in [1.165, 1.54) is 6.92 Å². The van der Waals surface area contributed by atoms with E-state index in [0.29, 0.717) is 0 Å². The quantitative estimate of drug-likeness (QED) is 0.487. The van der Waals surface area contributed by atoms with Crippen LogP contribution >= 0.6 is 0 Å². The molecule has 0 aliphatic heterocycles. The van der Waals surface area contributed by atoms with Gasteiger partial charge < -0.3 is 4.74 Å². The molecule has 9 heteroatoms. The highest BCUT2D eigenvalue weighted by Gasteiger charge is 2.40. The fourth-order valence-corrected chi connectivity index (χ4v) is 1.56. The Morgan fingerprint density at radius 3 is 2.45 bits per heavy atom. The predicted octanol–water partition coefficient (Wildman–Crippen LogP) is 3.28. The molecule has 0 radical (unpaired) electrons. The minimum absolute atomic E-state index is 0.00213. The van der Waals surface area contributed by atoms with Crippen molar-refractivity contribution in [1.82, 2.24) is 4.98 Å². The van der Waals surface area contributed by atoms with Gasteiger partial charge in [0.15, 0.2) is 0 Å². The summed E-state index contributed by atoms with van der Waals surface area (Å²) in [5, 5.41) is 0. The lowest BCUT2D eigenvalue weighted by molar-refractivity contribution is -0.144. The van der Waals surface area contributed by atoms with Gasteiger partial charge in [-0.25, -0.2) is 13.8 Å². The third kappa shape index (κ3) is 3.84. The second kappa shape index (κ2) is 6.10. The van der Waals surface area contributed by atoms with Crippen molar-refractivity contribution in [3.63, 3.8) is 0 Å². The van der Waals surface area contributed by atoms with E-state index < -0.39 is 47.8 Å². The molecular weight excluding hydrogens is 292 g/mol. The largest absolute Gasteiger partial charge is 0.466 e. The lowest BCUT2D eigenvalue weighted by Crippen LogP contribution is -2.19. The number of carbonyl (C=O) groups excluding carboxylic acids is 1. The third-order valence-electron chi connectivity index (χ3n) is 2.23. The smallest absolute Gasteiger partial charge is 0.418 e. The molecule has 0 aromatic carbocycles. The first-order valence-electron chi connectivity index (χ1n) is 5.37. The molecule has 20 heavy (non-hydrogen) atoms. The summed E-state index contributed by atoms with van der Waals surface area (Å²) in [6, 6.07) is 0.00213. The van der Waals surface area contributed by atoms with Crippen LogP contribution in [0.3, 0.4) is 0 Å². The molecule has 0 fully saturated rings. The lowest BCUT2D eigenvalue weighted by Gasteiger charge is -2.16. The number of halogens is 6. The highest BCUT2D eigenvalue weighted by Crippen LogP contribution is 2.38. The van der Waals surface area contributed by atoms with E-state index in [1.807, 2.05) is 0 Å². The summed E-state index contributed by atoms with van der Waals surface area (Å²) in [6.45, 7) is 1.30. The van der Waals surface area contributed by atoms with Gasteiger partial charge in [0.1, 0.15) is 0 Å². The topological polar surface area (TPSA) is 39.2 Å². The predicted molar refractivity (Wildman–Crippen MR) is 54.5 cm³/mol. The van der Waals surface area contributed by atoms with Crippen LogP contribution in [0, 0.1) is 5.95 Å². The maximum absolute atomic E-state index is 13.0. The first kappa shape index (κ1) is 16.3. The number of nitrogens with zero attached hydrogens (tertiary/aromatic N) is 1. The maximum Gasteiger partial charge on any atom is 0.418 e. The Morgan fingerprint density at radius 2 is 2.00 bits per heavy atom. The van der Waals surface area contributed by atoms with Gasteiger partial charge >= 0.3 is 12.1 Å². The molecule has 1 heterocycles. The number of alkyl halides is 5. The summed E-state index contributed by atoms with van der Waals surface area (Å²) in [5.41, 5.74) is -4.47. The summed E-state index contributed by atoms with van der Waals surface area (Å²) < 4.78 is 81.0. The molecule has 0 aliphatic rings. The number of hydrogen-bond acceptors (Lipinski definition) is 3. The Hall–Kier alpha value is -1.80. The summed E-state index contributed by atoms with van der Waals surface area (Å²) >= 11 is 0. The molecule has 0 aliphatic carbocycles. The molecule has 0 saturated carbocycles. The van der Waals surface area contributed by atoms with Gasteiger partial charge in [-0.2, -0.15) is 17.6 Å². The van der Waals surface area contributed by atoms with Gasteiger partial charge in [0.05, 0.1) is 24.3 Å². The molecule has 0 amide bonds. The first-order chi connectivity index (χ1) is 9.16. The molecule has 0 saturated heterocycles. The first-order valence-corrected chi connectivity index (χ1v) is 5.37. The normalized spacial score (nSPS) is 11.8. The molecule has 0 N–H and O–H groups in total. The number of ether oxygens (including phenoxy) is 1. The van der Waals surface area contributed by atoms with Gasteiger partial charge in [0, 0.05) is 11.6 Å². The van der Waals surface area contributed by atoms with Crippen LogP contribution in [-0.4, -0.2) is 17.6 Å². The SMILES string of the molecule is CCOC(=O)Cc1nc(F)cc(C(F)F)c1C(F)(F)F. The average molecular weight is 301 g/mol. The molecule has 1 rings (SSSR count). The third-order valence-corrected chi connectivity index (χ3v) is 2.23. The molecule has 0 atom stereocenters. The van der Waals surface area contributed by atoms with Crippen LogP contribution in [0.4, 0.5) is 26.3 Å². The van der Waals surface area contributed by atoms with Crippen molar-refractivity contribution in [2.45, 2.75) is 25.9 Å². The van der Waals surface area contributed by atoms with Crippen LogP contribution < -0.4 is 0 Å². The Labute approximate surface area is 109 Å². The van der Waals surface area contributed by atoms with Crippen molar-refractivity contribution in [2.24, 2.45) is 0 Å². The summed E-state index contributed by atoms with van der Waals surface area (Å²) in [4.78, 5) is 14.0. The van der Waals surface area contributed by atoms with E-state index in [4.69, 9.17) is 0 Å². The van der Waals surface area contributed by atoms with Gasteiger partial charge in [-0.15, -0.1) is 0 Å². The van der Waals surface area contributed by atoms with Gasteiger partial charge in [0.2, 0.25) is 5.95 Å². The summed E-state index contributed by atoms with van der Waals surface area (Å²) in [6.07, 6.45) is -9.78. The monoisotopic (exact) mass is 301 g/mol. The summed E-state index contributed by atoms with van der Waals surface area (Å²) in [5.74, 6) is -2.64. The molecule has 1 aromatic rings. The van der Waals surface area contributed by atoms with Crippen molar-refractivity contribution < 1.29 is 35.9 Å². The van der Waals surface area contributed by atoms with Crippen LogP contribution in [0.2, 0.25) is 0 Å². The molecule has 112 valence electrons. The molecule has 3 nitrogen and oxygen atoms in total. The van der Waals surface area contributed by atoms with Crippen molar-refractivity contribution >= 4 is 5.97 Å². The Morgan fingerprint density at radius 1 is 1.40 bits per heavy atom. The fraction of sp³-hybridized carbons (Fsp3) is 0.455. The Balaban J connectivity index is 3.37. The second-order valence-corrected chi connectivity index (χ2v) is 3.64. The van der Waals surface area contributed by atoms with Crippen LogP contribution in [0.15, 0.2) is 6.07 Å². The van der Waals surface area contributed by atoms with Crippen LogP contribution in [-0.2, 0) is 22.1 Å². The Bertz CT molecular complexity index is 500. The molecule has 0 bridgehead atoms. The molecule has 0 spiro atoms. The van der Waals surface area contributed by atoms with Crippen LogP contribution in [0.5, 0.6) is 0 Å². The molecule has 1 aromatic heterocycles. The van der Waals surface area contributed by atoms with Crippen LogP contribution in [0.25, 0.3) is 0 Å². The van der Waals surface area contributed by atoms with E-state index in [2.05, 4.69) is 9.72 Å². The number of carbonyl (C=O) groups is 1. The molecule has 0 unspecified atom stereocenters. The van der Waals surface area contributed by atoms with E-state index in [1.54, 1.807) is 0 Å². The second-order valence-electron chi connectivity index (χ2n) is 3.64. The molecular formula is C11H9F6NO2. The highest BCUT2D eigenvalue weighted by atomic mass is 19.4. The van der Waals surface area contributed by atoms with E-state index in [9.17, 15) is 31.1 Å². The minimum Gasteiger partial charge on any atom is -0.466 e. The van der Waals surface area contributed by atoms with Crippen molar-refractivity contribution in [3.05, 3.63) is 28.8 Å². The highest BCUT2D eigenvalue weighted by molar-refractivity contribution is 5.72. The van der Waals surface area contributed by atoms with Crippen molar-refractivity contribution in [2.75, 3.05) is 6.61 Å².